The molecule has 1 aromatic heterocycles. The minimum absolute atomic E-state index is 0.0722. The number of carbonyl (C=O) groups is 1. The molecule has 0 aliphatic carbocycles. The van der Waals surface area contributed by atoms with Crippen LogP contribution in [0, 0.1) is 6.92 Å². The molecule has 0 fully saturated rings. The molecule has 3 nitrogen and oxygen atoms in total. The van der Waals surface area contributed by atoms with Gasteiger partial charge in [-0.15, -0.1) is 11.3 Å². The summed E-state index contributed by atoms with van der Waals surface area (Å²) in [4.78, 5) is 16.6. The molecular formula is C15H13ClN2OS. The van der Waals surface area contributed by atoms with E-state index < -0.39 is 6.04 Å². The monoisotopic (exact) mass is 304 g/mol. The van der Waals surface area contributed by atoms with Crippen molar-refractivity contribution in [2.24, 2.45) is 4.99 Å². The van der Waals surface area contributed by atoms with Crippen LogP contribution < -0.4 is 5.32 Å². The van der Waals surface area contributed by atoms with Gasteiger partial charge in [-0.05, 0) is 36.9 Å². The summed E-state index contributed by atoms with van der Waals surface area (Å²) in [5.74, 6) is -0.0722. The van der Waals surface area contributed by atoms with E-state index in [2.05, 4.69) is 10.3 Å². The Morgan fingerprint density at radius 3 is 2.70 bits per heavy atom. The first-order valence-corrected chi connectivity index (χ1v) is 7.55. The van der Waals surface area contributed by atoms with Crippen LogP contribution in [0.5, 0.6) is 0 Å². The van der Waals surface area contributed by atoms with Gasteiger partial charge in [-0.2, -0.15) is 0 Å². The molecule has 1 amide bonds. The highest BCUT2D eigenvalue weighted by Crippen LogP contribution is 2.32. The highest BCUT2D eigenvalue weighted by atomic mass is 35.5. The van der Waals surface area contributed by atoms with Gasteiger partial charge in [0, 0.05) is 16.1 Å². The lowest BCUT2D eigenvalue weighted by atomic mass is 10.0. The van der Waals surface area contributed by atoms with E-state index in [4.69, 9.17) is 11.6 Å². The minimum Gasteiger partial charge on any atom is -0.315 e. The Kier molecular flexibility index (Phi) is 3.36. The lowest BCUT2D eigenvalue weighted by molar-refractivity contribution is -0.116. The zero-order valence-corrected chi connectivity index (χ0v) is 12.7. The third kappa shape index (κ3) is 2.25. The number of carbonyl (C=O) groups excluding carboxylic acids is 1. The van der Waals surface area contributed by atoms with E-state index in [-0.39, 0.29) is 5.91 Å². The highest BCUT2D eigenvalue weighted by molar-refractivity contribution is 7.15. The van der Waals surface area contributed by atoms with Crippen molar-refractivity contribution in [1.29, 1.82) is 0 Å². The summed E-state index contributed by atoms with van der Waals surface area (Å²) < 4.78 is 0. The molecule has 1 aliphatic heterocycles. The Labute approximate surface area is 126 Å². The van der Waals surface area contributed by atoms with Gasteiger partial charge in [-0.25, -0.2) is 0 Å². The summed E-state index contributed by atoms with van der Waals surface area (Å²) in [6.45, 7) is 3.83. The van der Waals surface area contributed by atoms with E-state index in [9.17, 15) is 4.79 Å². The summed E-state index contributed by atoms with van der Waals surface area (Å²) in [5, 5.41) is 6.53. The zero-order valence-electron chi connectivity index (χ0n) is 11.1. The average Bonchev–Trinajstić information content (AvgIpc) is 2.71. The van der Waals surface area contributed by atoms with Gasteiger partial charge < -0.3 is 5.32 Å². The molecular weight excluding hydrogens is 292 g/mol. The molecule has 2 aromatic rings. The van der Waals surface area contributed by atoms with Crippen molar-refractivity contribution in [3.8, 4) is 0 Å². The van der Waals surface area contributed by atoms with Gasteiger partial charge >= 0.3 is 0 Å². The van der Waals surface area contributed by atoms with Crippen LogP contribution in [0.25, 0.3) is 0 Å². The van der Waals surface area contributed by atoms with E-state index in [1.54, 1.807) is 6.92 Å². The summed E-state index contributed by atoms with van der Waals surface area (Å²) in [6, 6.07) is 7.14. The smallest absolute Gasteiger partial charge is 0.249 e. The number of hydrogen-bond donors (Lipinski definition) is 1. The number of nitrogens with zero attached hydrogens (tertiary/aromatic N) is 1. The van der Waals surface area contributed by atoms with Crippen molar-refractivity contribution < 1.29 is 4.79 Å². The van der Waals surface area contributed by atoms with Crippen LogP contribution in [0.2, 0.25) is 5.02 Å². The third-order valence-corrected chi connectivity index (χ3v) is 4.53. The molecule has 0 radical (unpaired) electrons. The lowest BCUT2D eigenvalue weighted by Crippen LogP contribution is -2.21. The number of amides is 1. The van der Waals surface area contributed by atoms with Crippen LogP contribution in [-0.2, 0) is 4.79 Å². The summed E-state index contributed by atoms with van der Waals surface area (Å²) in [5.41, 5.74) is 3.95. The molecule has 5 heteroatoms. The van der Waals surface area contributed by atoms with E-state index in [0.717, 1.165) is 27.4 Å². The second-order valence-corrected chi connectivity index (χ2v) is 6.09. The molecule has 2 heterocycles. The topological polar surface area (TPSA) is 41.5 Å². The standard InChI is InChI=1S/C15H13ClN2OS/c1-8-7-20-15-12(8)13(17-9(2)14(19)18-15)10-3-5-11(16)6-4-10/h3-7,9H,1-2H3,(H,18,19)/t9-/m0/s1. The molecule has 0 bridgehead atoms. The summed E-state index contributed by atoms with van der Waals surface area (Å²) >= 11 is 7.47. The predicted molar refractivity (Wildman–Crippen MR) is 84.2 cm³/mol. The number of aryl methyl sites for hydroxylation is 1. The molecule has 1 aromatic carbocycles. The molecule has 0 saturated heterocycles. The molecule has 3 rings (SSSR count). The van der Waals surface area contributed by atoms with E-state index in [1.165, 1.54) is 11.3 Å². The number of thiophene rings is 1. The van der Waals surface area contributed by atoms with Crippen molar-refractivity contribution in [2.45, 2.75) is 19.9 Å². The normalized spacial score (nSPS) is 18.1. The Balaban J connectivity index is 2.20. The number of nitrogens with one attached hydrogen (secondary N) is 1. The molecule has 20 heavy (non-hydrogen) atoms. The predicted octanol–water partition coefficient (Wildman–Crippen LogP) is 3.89. The first-order chi connectivity index (χ1) is 9.56. The molecule has 1 aliphatic rings. The third-order valence-electron chi connectivity index (χ3n) is 3.27. The largest absolute Gasteiger partial charge is 0.315 e. The van der Waals surface area contributed by atoms with Crippen molar-refractivity contribution in [1.82, 2.24) is 0 Å². The second-order valence-electron chi connectivity index (χ2n) is 4.77. The van der Waals surface area contributed by atoms with Gasteiger partial charge in [-0.1, -0.05) is 23.7 Å². The van der Waals surface area contributed by atoms with Crippen LogP contribution in [0.3, 0.4) is 0 Å². The maximum Gasteiger partial charge on any atom is 0.249 e. The first kappa shape index (κ1) is 13.3. The quantitative estimate of drug-likeness (QED) is 0.853. The van der Waals surface area contributed by atoms with Crippen molar-refractivity contribution >= 4 is 39.6 Å². The second kappa shape index (κ2) is 5.04. The van der Waals surface area contributed by atoms with Gasteiger partial charge in [0.1, 0.15) is 11.0 Å². The van der Waals surface area contributed by atoms with E-state index >= 15 is 0 Å². The van der Waals surface area contributed by atoms with Crippen LogP contribution in [0.1, 0.15) is 23.6 Å². The molecule has 0 spiro atoms. The molecule has 1 N–H and O–H groups in total. The van der Waals surface area contributed by atoms with E-state index in [0.29, 0.717) is 5.02 Å². The summed E-state index contributed by atoms with van der Waals surface area (Å²) in [7, 11) is 0. The van der Waals surface area contributed by atoms with Crippen molar-refractivity contribution in [3.05, 3.63) is 51.4 Å². The fourth-order valence-corrected chi connectivity index (χ4v) is 3.26. The van der Waals surface area contributed by atoms with Crippen LogP contribution in [-0.4, -0.2) is 17.7 Å². The minimum atomic E-state index is -0.403. The Morgan fingerprint density at radius 1 is 1.30 bits per heavy atom. The van der Waals surface area contributed by atoms with E-state index in [1.807, 2.05) is 36.6 Å². The van der Waals surface area contributed by atoms with Gasteiger partial charge in [0.05, 0.1) is 5.71 Å². The Morgan fingerprint density at radius 2 is 2.00 bits per heavy atom. The SMILES string of the molecule is Cc1csc2c1C(c1ccc(Cl)cc1)=N[C@@H](C)C(=O)N2. The number of halogens is 1. The maximum atomic E-state index is 12.0. The number of benzene rings is 1. The van der Waals surface area contributed by atoms with Crippen molar-refractivity contribution in [3.63, 3.8) is 0 Å². The van der Waals surface area contributed by atoms with Gasteiger partial charge in [-0.3, -0.25) is 9.79 Å². The fraction of sp³-hybridized carbons (Fsp3) is 0.200. The molecule has 0 saturated carbocycles. The Hall–Kier alpha value is -1.65. The van der Waals surface area contributed by atoms with Crippen LogP contribution in [0.4, 0.5) is 5.00 Å². The molecule has 0 unspecified atom stereocenters. The number of rotatable bonds is 1. The lowest BCUT2D eigenvalue weighted by Gasteiger charge is -2.08. The van der Waals surface area contributed by atoms with Gasteiger partial charge in [0.2, 0.25) is 5.91 Å². The Bertz CT molecular complexity index is 703. The summed E-state index contributed by atoms with van der Waals surface area (Å²) in [6.07, 6.45) is 0. The van der Waals surface area contributed by atoms with Gasteiger partial charge in [0.15, 0.2) is 0 Å². The van der Waals surface area contributed by atoms with Crippen LogP contribution >= 0.6 is 22.9 Å². The number of fused-ring (bicyclic) bond motifs is 1. The number of aliphatic imine (C=N–C) groups is 1. The molecule has 1 atom stereocenters. The molecule has 102 valence electrons. The van der Waals surface area contributed by atoms with Crippen LogP contribution in [0.15, 0.2) is 34.6 Å². The fourth-order valence-electron chi connectivity index (χ4n) is 2.19. The first-order valence-electron chi connectivity index (χ1n) is 6.29. The highest BCUT2D eigenvalue weighted by Gasteiger charge is 2.25. The van der Waals surface area contributed by atoms with Gasteiger partial charge in [0.25, 0.3) is 0 Å². The average molecular weight is 305 g/mol. The maximum absolute atomic E-state index is 12.0. The zero-order chi connectivity index (χ0) is 14.3. The number of hydrogen-bond acceptors (Lipinski definition) is 3. The van der Waals surface area contributed by atoms with Crippen molar-refractivity contribution in [2.75, 3.05) is 5.32 Å². The number of anilines is 1.